The normalized spacial score (nSPS) is 16.8. The molecular formula is C17H25ClN2O3S. The van der Waals surface area contributed by atoms with Gasteiger partial charge in [-0.15, -0.1) is 0 Å². The molecule has 0 atom stereocenters. The zero-order chi connectivity index (χ0) is 17.6. The highest BCUT2D eigenvalue weighted by atomic mass is 35.5. The van der Waals surface area contributed by atoms with Gasteiger partial charge in [0.2, 0.25) is 10.0 Å². The largest absolute Gasteiger partial charge is 0.351 e. The molecule has 0 heterocycles. The Morgan fingerprint density at radius 1 is 1.21 bits per heavy atom. The second kappa shape index (κ2) is 8.83. The maximum absolute atomic E-state index is 12.2. The molecule has 1 amide bonds. The number of amides is 1. The van der Waals surface area contributed by atoms with E-state index in [-0.39, 0.29) is 18.5 Å². The van der Waals surface area contributed by atoms with Gasteiger partial charge in [0.05, 0.1) is 16.8 Å². The molecule has 0 bridgehead atoms. The standard InChI is InChI=1S/C17H25ClN2O3S/c1-24(22,23)20(14-8-4-2-3-5-9-14)13-12-19-17(21)15-10-6-7-11-16(15)18/h6-7,10-11,14H,2-5,8-9,12-13H2,1H3,(H,19,21). The lowest BCUT2D eigenvalue weighted by molar-refractivity contribution is 0.0950. The van der Waals surface area contributed by atoms with Crippen molar-refractivity contribution in [2.45, 2.75) is 44.6 Å². The van der Waals surface area contributed by atoms with Crippen LogP contribution in [0.15, 0.2) is 24.3 Å². The smallest absolute Gasteiger partial charge is 0.252 e. The molecule has 5 nitrogen and oxygen atoms in total. The first-order valence-corrected chi connectivity index (χ1v) is 10.6. The SMILES string of the molecule is CS(=O)(=O)N(CCNC(=O)c1ccccc1Cl)C1CCCCCC1. The molecule has 24 heavy (non-hydrogen) atoms. The Morgan fingerprint density at radius 3 is 2.42 bits per heavy atom. The van der Waals surface area contributed by atoms with Crippen LogP contribution >= 0.6 is 11.6 Å². The summed E-state index contributed by atoms with van der Waals surface area (Å²) in [6.07, 6.45) is 7.48. The minimum atomic E-state index is -3.30. The van der Waals surface area contributed by atoms with Crippen LogP contribution in [0, 0.1) is 0 Å². The number of hydrogen-bond acceptors (Lipinski definition) is 3. The van der Waals surface area contributed by atoms with Gasteiger partial charge in [0, 0.05) is 19.1 Å². The number of nitrogens with zero attached hydrogens (tertiary/aromatic N) is 1. The van der Waals surface area contributed by atoms with Gasteiger partial charge in [-0.1, -0.05) is 49.4 Å². The predicted octanol–water partition coefficient (Wildman–Crippen LogP) is 3.05. The number of benzene rings is 1. The molecule has 0 saturated heterocycles. The fourth-order valence-corrected chi connectivity index (χ4v) is 4.58. The third-order valence-corrected chi connectivity index (χ3v) is 6.06. The molecule has 1 fully saturated rings. The van der Waals surface area contributed by atoms with Gasteiger partial charge in [-0.05, 0) is 25.0 Å². The van der Waals surface area contributed by atoms with Gasteiger partial charge in [0.1, 0.15) is 0 Å². The summed E-state index contributed by atoms with van der Waals surface area (Å²) in [5.74, 6) is -0.282. The van der Waals surface area contributed by atoms with Crippen molar-refractivity contribution in [3.8, 4) is 0 Å². The highest BCUT2D eigenvalue weighted by Gasteiger charge is 2.27. The average molecular weight is 373 g/mol. The maximum Gasteiger partial charge on any atom is 0.252 e. The first-order valence-electron chi connectivity index (χ1n) is 8.39. The molecule has 0 radical (unpaired) electrons. The van der Waals surface area contributed by atoms with E-state index in [0.717, 1.165) is 38.5 Å². The van der Waals surface area contributed by atoms with Crippen molar-refractivity contribution in [3.63, 3.8) is 0 Å². The number of halogens is 1. The summed E-state index contributed by atoms with van der Waals surface area (Å²) in [4.78, 5) is 12.2. The molecule has 1 N–H and O–H groups in total. The van der Waals surface area contributed by atoms with Crippen LogP contribution in [0.5, 0.6) is 0 Å². The fourth-order valence-electron chi connectivity index (χ4n) is 3.19. The third-order valence-electron chi connectivity index (χ3n) is 4.39. The van der Waals surface area contributed by atoms with Crippen molar-refractivity contribution in [3.05, 3.63) is 34.9 Å². The molecule has 1 saturated carbocycles. The van der Waals surface area contributed by atoms with E-state index in [2.05, 4.69) is 5.32 Å². The van der Waals surface area contributed by atoms with E-state index in [1.165, 1.54) is 6.26 Å². The summed E-state index contributed by atoms with van der Waals surface area (Å²) in [5, 5.41) is 3.16. The molecule has 134 valence electrons. The number of rotatable bonds is 6. The minimum absolute atomic E-state index is 0.0414. The van der Waals surface area contributed by atoms with Gasteiger partial charge < -0.3 is 5.32 Å². The Hall–Kier alpha value is -1.11. The molecule has 0 aliphatic heterocycles. The highest BCUT2D eigenvalue weighted by molar-refractivity contribution is 7.88. The Morgan fingerprint density at radius 2 is 1.83 bits per heavy atom. The van der Waals surface area contributed by atoms with Crippen LogP contribution < -0.4 is 5.32 Å². The van der Waals surface area contributed by atoms with Crippen LogP contribution in [0.2, 0.25) is 5.02 Å². The van der Waals surface area contributed by atoms with Gasteiger partial charge in [-0.25, -0.2) is 8.42 Å². The molecule has 2 rings (SSSR count). The van der Waals surface area contributed by atoms with Crippen LogP contribution in [-0.2, 0) is 10.0 Å². The first-order chi connectivity index (χ1) is 11.4. The summed E-state index contributed by atoms with van der Waals surface area (Å²) in [5.41, 5.74) is 0.402. The fraction of sp³-hybridized carbons (Fsp3) is 0.588. The topological polar surface area (TPSA) is 66.5 Å². The molecule has 0 unspecified atom stereocenters. The maximum atomic E-state index is 12.2. The highest BCUT2D eigenvalue weighted by Crippen LogP contribution is 2.23. The van der Waals surface area contributed by atoms with E-state index in [1.807, 2.05) is 0 Å². The van der Waals surface area contributed by atoms with Crippen molar-refractivity contribution in [1.29, 1.82) is 0 Å². The summed E-state index contributed by atoms with van der Waals surface area (Å²) in [6, 6.07) is 6.85. The summed E-state index contributed by atoms with van der Waals surface area (Å²) in [7, 11) is -3.30. The number of nitrogens with one attached hydrogen (secondary N) is 1. The molecule has 1 aromatic rings. The molecule has 1 aromatic carbocycles. The van der Waals surface area contributed by atoms with Crippen LogP contribution in [0.25, 0.3) is 0 Å². The molecule has 0 aromatic heterocycles. The van der Waals surface area contributed by atoms with E-state index >= 15 is 0 Å². The summed E-state index contributed by atoms with van der Waals surface area (Å²) < 4.78 is 25.8. The van der Waals surface area contributed by atoms with Crippen molar-refractivity contribution in [2.24, 2.45) is 0 Å². The van der Waals surface area contributed by atoms with Crippen LogP contribution in [-0.4, -0.2) is 44.0 Å². The Balaban J connectivity index is 1.96. The van der Waals surface area contributed by atoms with E-state index in [0.29, 0.717) is 17.1 Å². The molecule has 1 aliphatic rings. The van der Waals surface area contributed by atoms with Crippen molar-refractivity contribution >= 4 is 27.5 Å². The van der Waals surface area contributed by atoms with Gasteiger partial charge >= 0.3 is 0 Å². The van der Waals surface area contributed by atoms with Crippen LogP contribution in [0.3, 0.4) is 0 Å². The lowest BCUT2D eigenvalue weighted by Crippen LogP contribution is -2.44. The number of hydrogen-bond donors (Lipinski definition) is 1. The van der Waals surface area contributed by atoms with Gasteiger partial charge in [0.15, 0.2) is 0 Å². The molecule has 0 spiro atoms. The predicted molar refractivity (Wildman–Crippen MR) is 96.8 cm³/mol. The summed E-state index contributed by atoms with van der Waals surface area (Å²) >= 11 is 6.01. The second-order valence-corrected chi connectivity index (χ2v) is 8.60. The van der Waals surface area contributed by atoms with Gasteiger partial charge in [-0.2, -0.15) is 4.31 Å². The van der Waals surface area contributed by atoms with Gasteiger partial charge in [0.25, 0.3) is 5.91 Å². The zero-order valence-corrected chi connectivity index (χ0v) is 15.6. The molecular weight excluding hydrogens is 348 g/mol. The van der Waals surface area contributed by atoms with E-state index < -0.39 is 10.0 Å². The Bertz CT molecular complexity index is 656. The minimum Gasteiger partial charge on any atom is -0.351 e. The van der Waals surface area contributed by atoms with Crippen molar-refractivity contribution in [1.82, 2.24) is 9.62 Å². The number of carbonyl (C=O) groups is 1. The lowest BCUT2D eigenvalue weighted by atomic mass is 10.1. The number of sulfonamides is 1. The molecule has 7 heteroatoms. The van der Waals surface area contributed by atoms with Crippen LogP contribution in [0.4, 0.5) is 0 Å². The second-order valence-electron chi connectivity index (χ2n) is 6.25. The van der Waals surface area contributed by atoms with Gasteiger partial charge in [-0.3, -0.25) is 4.79 Å². The first kappa shape index (κ1) is 19.2. The van der Waals surface area contributed by atoms with Crippen LogP contribution in [0.1, 0.15) is 48.9 Å². The Labute approximate surface area is 149 Å². The molecule has 1 aliphatic carbocycles. The van der Waals surface area contributed by atoms with E-state index in [4.69, 9.17) is 11.6 Å². The Kier molecular flexibility index (Phi) is 7.07. The van der Waals surface area contributed by atoms with E-state index in [1.54, 1.807) is 28.6 Å². The van der Waals surface area contributed by atoms with Crippen molar-refractivity contribution in [2.75, 3.05) is 19.3 Å². The average Bonchev–Trinajstić information content (AvgIpc) is 2.79. The zero-order valence-electron chi connectivity index (χ0n) is 14.0. The lowest BCUT2D eigenvalue weighted by Gasteiger charge is -2.29. The number of carbonyl (C=O) groups excluding carboxylic acids is 1. The monoisotopic (exact) mass is 372 g/mol. The summed E-state index contributed by atoms with van der Waals surface area (Å²) in [6.45, 7) is 0.563. The quantitative estimate of drug-likeness (QED) is 0.780. The third kappa shape index (κ3) is 5.46. The van der Waals surface area contributed by atoms with Crippen molar-refractivity contribution < 1.29 is 13.2 Å². The van der Waals surface area contributed by atoms with E-state index in [9.17, 15) is 13.2 Å².